The van der Waals surface area contributed by atoms with Crippen LogP contribution in [0, 0.1) is 0 Å². The Labute approximate surface area is 253 Å². The van der Waals surface area contributed by atoms with E-state index in [0.717, 1.165) is 25.6 Å². The number of fused-ring (bicyclic) bond motifs is 4. The van der Waals surface area contributed by atoms with Crippen LogP contribution in [0.3, 0.4) is 0 Å². The van der Waals surface area contributed by atoms with Gasteiger partial charge in [-0.25, -0.2) is 4.63 Å². The standard InChI is InChI=1S/C37H52N4O/c1-40(2,3)26-15-9-7-13-24-37(25-14-8-10-16-27-41(4,5)6)33-20-12-11-18-31(33)32-23-22-29(28-34(32)37)30-19-17-21-35-36(30)39-42-38-35/h11-12,17-23,28H,7-10,13-16,24-27H2,1-6H3/q+2. The molecule has 1 aliphatic carbocycles. The van der Waals surface area contributed by atoms with Crippen molar-refractivity contribution in [2.75, 3.05) is 55.4 Å². The Kier molecular flexibility index (Phi) is 9.20. The summed E-state index contributed by atoms with van der Waals surface area (Å²) in [6.45, 7) is 2.49. The molecule has 3 aromatic carbocycles. The molecule has 0 fully saturated rings. The summed E-state index contributed by atoms with van der Waals surface area (Å²) < 4.78 is 7.22. The van der Waals surface area contributed by atoms with Gasteiger partial charge in [-0.15, -0.1) is 0 Å². The maximum Gasteiger partial charge on any atom is 0.143 e. The Morgan fingerprint density at radius 2 is 1.17 bits per heavy atom. The second-order valence-electron chi connectivity index (χ2n) is 14.7. The van der Waals surface area contributed by atoms with Crippen LogP contribution in [0.25, 0.3) is 33.3 Å². The average molecular weight is 569 g/mol. The molecule has 5 nitrogen and oxygen atoms in total. The van der Waals surface area contributed by atoms with Gasteiger partial charge in [-0.3, -0.25) is 0 Å². The minimum absolute atomic E-state index is 0.0537. The molecular weight excluding hydrogens is 516 g/mol. The molecule has 5 heteroatoms. The lowest BCUT2D eigenvalue weighted by Gasteiger charge is -2.33. The number of rotatable bonds is 15. The molecular formula is C37H52N4O+2. The number of unbranched alkanes of at least 4 members (excludes halogenated alkanes) is 6. The maximum atomic E-state index is 5.12. The first-order valence-electron chi connectivity index (χ1n) is 16.1. The van der Waals surface area contributed by atoms with Crippen molar-refractivity contribution in [3.05, 3.63) is 71.8 Å². The number of quaternary nitrogens is 2. The van der Waals surface area contributed by atoms with Gasteiger partial charge < -0.3 is 8.97 Å². The van der Waals surface area contributed by atoms with Crippen molar-refractivity contribution in [3.8, 4) is 22.3 Å². The number of aromatic nitrogens is 2. The molecule has 0 N–H and O–H groups in total. The first-order valence-corrected chi connectivity index (χ1v) is 16.1. The largest absolute Gasteiger partial charge is 0.331 e. The predicted octanol–water partition coefficient (Wildman–Crippen LogP) is 8.47. The second-order valence-corrected chi connectivity index (χ2v) is 14.7. The van der Waals surface area contributed by atoms with Crippen LogP contribution in [-0.2, 0) is 5.41 Å². The van der Waals surface area contributed by atoms with E-state index in [1.54, 1.807) is 0 Å². The summed E-state index contributed by atoms with van der Waals surface area (Å²) in [5.41, 5.74) is 9.89. The fourth-order valence-corrected chi connectivity index (χ4v) is 7.06. The van der Waals surface area contributed by atoms with Gasteiger partial charge in [0.25, 0.3) is 0 Å². The number of hydrogen-bond acceptors (Lipinski definition) is 3. The molecule has 1 aliphatic rings. The zero-order valence-corrected chi connectivity index (χ0v) is 27.0. The van der Waals surface area contributed by atoms with Gasteiger partial charge in [0.1, 0.15) is 11.0 Å². The Bertz CT molecular complexity index is 1450. The van der Waals surface area contributed by atoms with E-state index in [9.17, 15) is 0 Å². The van der Waals surface area contributed by atoms with Gasteiger partial charge in [0, 0.05) is 11.0 Å². The molecule has 4 aromatic rings. The topological polar surface area (TPSA) is 38.9 Å². The smallest absolute Gasteiger partial charge is 0.143 e. The van der Waals surface area contributed by atoms with Crippen LogP contribution >= 0.6 is 0 Å². The van der Waals surface area contributed by atoms with Crippen LogP contribution in [0.15, 0.2) is 65.3 Å². The second kappa shape index (κ2) is 12.7. The number of hydrogen-bond donors (Lipinski definition) is 0. The predicted molar refractivity (Wildman–Crippen MR) is 175 cm³/mol. The maximum absolute atomic E-state index is 5.12. The fraction of sp³-hybridized carbons (Fsp3) is 0.514. The molecule has 5 rings (SSSR count). The van der Waals surface area contributed by atoms with Crippen LogP contribution < -0.4 is 0 Å². The van der Waals surface area contributed by atoms with Crippen LogP contribution in [-0.4, -0.2) is 74.7 Å². The molecule has 0 spiro atoms. The summed E-state index contributed by atoms with van der Waals surface area (Å²) in [7, 11) is 13.8. The van der Waals surface area contributed by atoms with Gasteiger partial charge in [0.15, 0.2) is 0 Å². The molecule has 0 bridgehead atoms. The first-order chi connectivity index (χ1) is 20.1. The minimum Gasteiger partial charge on any atom is -0.331 e. The highest BCUT2D eigenvalue weighted by Crippen LogP contribution is 2.55. The Morgan fingerprint density at radius 1 is 0.571 bits per heavy atom. The Morgan fingerprint density at radius 3 is 1.83 bits per heavy atom. The van der Waals surface area contributed by atoms with E-state index in [1.807, 2.05) is 6.07 Å². The van der Waals surface area contributed by atoms with Crippen molar-refractivity contribution in [2.24, 2.45) is 0 Å². The summed E-state index contributed by atoms with van der Waals surface area (Å²) in [6, 6.07) is 22.5. The fourth-order valence-electron chi connectivity index (χ4n) is 7.06. The van der Waals surface area contributed by atoms with E-state index < -0.39 is 0 Å². The van der Waals surface area contributed by atoms with Crippen molar-refractivity contribution >= 4 is 11.0 Å². The molecule has 0 saturated heterocycles. The highest BCUT2D eigenvalue weighted by Gasteiger charge is 2.42. The van der Waals surface area contributed by atoms with E-state index in [4.69, 9.17) is 4.63 Å². The summed E-state index contributed by atoms with van der Waals surface area (Å²) in [5.74, 6) is 0. The van der Waals surface area contributed by atoms with Gasteiger partial charge in [-0.1, -0.05) is 74.2 Å². The lowest BCUT2D eigenvalue weighted by Crippen LogP contribution is -2.35. The molecule has 224 valence electrons. The van der Waals surface area contributed by atoms with Gasteiger partial charge in [-0.05, 0) is 88.8 Å². The quantitative estimate of drug-likeness (QED) is 0.107. The van der Waals surface area contributed by atoms with Crippen molar-refractivity contribution < 1.29 is 13.6 Å². The molecule has 0 aliphatic heterocycles. The lowest BCUT2D eigenvalue weighted by molar-refractivity contribution is -0.870. The van der Waals surface area contributed by atoms with Gasteiger partial charge >= 0.3 is 0 Å². The normalized spacial score (nSPS) is 14.3. The number of nitrogens with zero attached hydrogens (tertiary/aromatic N) is 4. The highest BCUT2D eigenvalue weighted by atomic mass is 16.6. The lowest BCUT2D eigenvalue weighted by atomic mass is 9.70. The van der Waals surface area contributed by atoms with Crippen molar-refractivity contribution in [1.29, 1.82) is 0 Å². The van der Waals surface area contributed by atoms with Crippen molar-refractivity contribution in [2.45, 2.75) is 69.6 Å². The number of benzene rings is 3. The highest BCUT2D eigenvalue weighted by molar-refractivity contribution is 5.93. The van der Waals surface area contributed by atoms with Gasteiger partial charge in [0.2, 0.25) is 0 Å². The first kappa shape index (κ1) is 30.4. The molecule has 0 atom stereocenters. The molecule has 0 unspecified atom stereocenters. The van der Waals surface area contributed by atoms with E-state index in [2.05, 4.69) is 107 Å². The van der Waals surface area contributed by atoms with Crippen LogP contribution in [0.1, 0.15) is 75.3 Å². The van der Waals surface area contributed by atoms with Crippen LogP contribution in [0.2, 0.25) is 0 Å². The van der Waals surface area contributed by atoms with E-state index >= 15 is 0 Å². The summed E-state index contributed by atoms with van der Waals surface area (Å²) in [5, 5.41) is 8.38. The summed E-state index contributed by atoms with van der Waals surface area (Å²) >= 11 is 0. The van der Waals surface area contributed by atoms with Gasteiger partial charge in [0.05, 0.1) is 55.4 Å². The zero-order valence-electron chi connectivity index (χ0n) is 27.0. The molecule has 0 saturated carbocycles. The van der Waals surface area contributed by atoms with E-state index in [1.165, 1.54) is 105 Å². The van der Waals surface area contributed by atoms with E-state index in [-0.39, 0.29) is 5.41 Å². The third-order valence-corrected chi connectivity index (χ3v) is 9.23. The van der Waals surface area contributed by atoms with Gasteiger partial charge in [-0.2, -0.15) is 0 Å². The zero-order chi connectivity index (χ0) is 29.8. The Balaban J connectivity index is 1.44. The van der Waals surface area contributed by atoms with E-state index in [0.29, 0.717) is 0 Å². The monoisotopic (exact) mass is 568 g/mol. The summed E-state index contributed by atoms with van der Waals surface area (Å²) in [4.78, 5) is 0. The molecule has 0 amide bonds. The average Bonchev–Trinajstić information content (AvgIpc) is 3.53. The van der Waals surface area contributed by atoms with Crippen LogP contribution in [0.4, 0.5) is 0 Å². The minimum atomic E-state index is 0.0537. The summed E-state index contributed by atoms with van der Waals surface area (Å²) in [6.07, 6.45) is 12.8. The molecule has 42 heavy (non-hydrogen) atoms. The molecule has 0 radical (unpaired) electrons. The third kappa shape index (κ3) is 6.95. The SMILES string of the molecule is C[N+](C)(C)CCCCCCC1(CCCCCC[N+](C)(C)C)c2ccccc2-c2ccc(-c3cccc4nonc34)cc21. The van der Waals surface area contributed by atoms with Crippen molar-refractivity contribution in [1.82, 2.24) is 10.3 Å². The molecule has 1 aromatic heterocycles. The van der Waals surface area contributed by atoms with Crippen LogP contribution in [0.5, 0.6) is 0 Å². The third-order valence-electron chi connectivity index (χ3n) is 9.23. The molecule has 1 heterocycles. The van der Waals surface area contributed by atoms with Crippen molar-refractivity contribution in [3.63, 3.8) is 0 Å². The Hall–Kier alpha value is -3.02.